The molecule has 5 aliphatic rings. The second-order valence-electron chi connectivity index (χ2n) is 10.6. The molecule has 0 heterocycles. The van der Waals surface area contributed by atoms with Gasteiger partial charge in [-0.1, -0.05) is 31.9 Å². The van der Waals surface area contributed by atoms with Gasteiger partial charge in [0, 0.05) is 0 Å². The van der Waals surface area contributed by atoms with Gasteiger partial charge in [0.25, 0.3) is 0 Å². The zero-order valence-electron chi connectivity index (χ0n) is 16.1. The lowest BCUT2D eigenvalue weighted by atomic mass is 9.69. The summed E-state index contributed by atoms with van der Waals surface area (Å²) in [6.45, 7) is 6.69. The van der Waals surface area contributed by atoms with Crippen LogP contribution in [0.5, 0.6) is 0 Å². The Kier molecular flexibility index (Phi) is 3.67. The third-order valence-electron chi connectivity index (χ3n) is 8.94. The van der Waals surface area contributed by atoms with Crippen LogP contribution in [-0.4, -0.2) is 11.6 Å². The highest BCUT2D eigenvalue weighted by molar-refractivity contribution is 5.74. The van der Waals surface area contributed by atoms with Crippen LogP contribution in [0.25, 0.3) is 0 Å². The maximum atomic E-state index is 13.1. The van der Waals surface area contributed by atoms with Crippen molar-refractivity contribution >= 4 is 5.97 Å². The van der Waals surface area contributed by atoms with Crippen molar-refractivity contribution in [3.05, 3.63) is 12.2 Å². The van der Waals surface area contributed by atoms with Crippen LogP contribution in [0.2, 0.25) is 0 Å². The van der Waals surface area contributed by atoms with Gasteiger partial charge in [-0.25, -0.2) is 0 Å². The van der Waals surface area contributed by atoms with E-state index in [4.69, 9.17) is 4.74 Å². The third kappa shape index (κ3) is 2.46. The third-order valence-corrected chi connectivity index (χ3v) is 8.94. The Morgan fingerprint density at radius 1 is 0.960 bits per heavy atom. The van der Waals surface area contributed by atoms with E-state index in [-0.39, 0.29) is 17.5 Å². The number of carbonyl (C=O) groups is 1. The predicted octanol–water partition coefficient (Wildman–Crippen LogP) is 5.23. The number of fused-ring (bicyclic) bond motifs is 9. The molecule has 0 aromatic carbocycles. The Labute approximate surface area is 152 Å². The summed E-state index contributed by atoms with van der Waals surface area (Å²) in [4.78, 5) is 13.1. The van der Waals surface area contributed by atoms with Gasteiger partial charge in [0.15, 0.2) is 0 Å². The molecule has 7 atom stereocenters. The molecule has 0 radical (unpaired) electrons. The molecule has 0 aliphatic heterocycles. The minimum atomic E-state index is -0.285. The van der Waals surface area contributed by atoms with E-state index in [0.717, 1.165) is 41.9 Å². The number of hydrogen-bond acceptors (Lipinski definition) is 2. The molecule has 5 rings (SSSR count). The maximum absolute atomic E-state index is 13.1. The summed E-state index contributed by atoms with van der Waals surface area (Å²) < 4.78 is 6.22. The molecule has 0 saturated heterocycles. The maximum Gasteiger partial charge on any atom is 0.309 e. The number of hydrogen-bond donors (Lipinski definition) is 0. The number of carbonyl (C=O) groups excluding carboxylic acids is 1. The molecule has 0 N–H and O–H groups in total. The van der Waals surface area contributed by atoms with Crippen LogP contribution in [-0.2, 0) is 9.53 Å². The number of ether oxygens (including phenoxy) is 1. The first-order chi connectivity index (χ1) is 11.9. The van der Waals surface area contributed by atoms with Gasteiger partial charge in [0.1, 0.15) is 5.60 Å². The summed E-state index contributed by atoms with van der Waals surface area (Å²) in [5, 5.41) is 0. The van der Waals surface area contributed by atoms with Crippen molar-refractivity contribution in [2.24, 2.45) is 53.3 Å². The van der Waals surface area contributed by atoms with Gasteiger partial charge in [-0.05, 0) is 93.3 Å². The van der Waals surface area contributed by atoms with Crippen molar-refractivity contribution < 1.29 is 9.53 Å². The van der Waals surface area contributed by atoms with E-state index in [1.165, 1.54) is 38.5 Å². The van der Waals surface area contributed by atoms with E-state index in [1.54, 1.807) is 0 Å². The normalized spacial score (nSPS) is 50.3. The van der Waals surface area contributed by atoms with Crippen LogP contribution in [0.15, 0.2) is 12.2 Å². The molecule has 0 aromatic rings. The smallest absolute Gasteiger partial charge is 0.309 e. The summed E-state index contributed by atoms with van der Waals surface area (Å²) in [7, 11) is 0. The van der Waals surface area contributed by atoms with Crippen LogP contribution in [0.4, 0.5) is 0 Å². The Morgan fingerprint density at radius 3 is 2.36 bits per heavy atom. The van der Waals surface area contributed by atoms with Gasteiger partial charge in [-0.15, -0.1) is 0 Å². The second kappa shape index (κ2) is 5.60. The van der Waals surface area contributed by atoms with Crippen molar-refractivity contribution in [2.45, 2.75) is 71.3 Å². The van der Waals surface area contributed by atoms with Crippen LogP contribution < -0.4 is 0 Å². The molecule has 2 nitrogen and oxygen atoms in total. The minimum Gasteiger partial charge on any atom is -0.459 e. The van der Waals surface area contributed by atoms with E-state index >= 15 is 0 Å². The van der Waals surface area contributed by atoms with Gasteiger partial charge in [0.05, 0.1) is 5.92 Å². The molecular formula is C23H34O2. The quantitative estimate of drug-likeness (QED) is 0.399. The van der Waals surface area contributed by atoms with E-state index in [9.17, 15) is 4.79 Å². The zero-order chi connectivity index (χ0) is 17.3. The lowest BCUT2D eigenvalue weighted by Gasteiger charge is -2.40. The fourth-order valence-corrected chi connectivity index (χ4v) is 7.66. The second-order valence-corrected chi connectivity index (χ2v) is 10.6. The molecule has 7 unspecified atom stereocenters. The molecule has 2 heteroatoms. The first-order valence-corrected chi connectivity index (χ1v) is 10.8. The van der Waals surface area contributed by atoms with Crippen molar-refractivity contribution in [3.63, 3.8) is 0 Å². The molecule has 0 aromatic heterocycles. The summed E-state index contributed by atoms with van der Waals surface area (Å²) in [5.41, 5.74) is -0.285. The number of allylic oxidation sites excluding steroid dienone is 2. The molecule has 0 spiro atoms. The van der Waals surface area contributed by atoms with Crippen molar-refractivity contribution in [3.8, 4) is 0 Å². The summed E-state index contributed by atoms with van der Waals surface area (Å²) in [5.74, 6) is 6.44. The molecule has 4 bridgehead atoms. The van der Waals surface area contributed by atoms with Crippen molar-refractivity contribution in [1.29, 1.82) is 0 Å². The first-order valence-electron chi connectivity index (χ1n) is 10.8. The standard InChI is InChI=1S/C23H34O2/c1-13-4-8-17(9-5-13)23(2,3)25-22(24)19-12-16-11-18(19)21-15-7-6-14(10-15)20(16)21/h6-7,13-21H,4-5,8-12H2,1-3H3. The Balaban J connectivity index is 1.26. The Morgan fingerprint density at radius 2 is 1.64 bits per heavy atom. The van der Waals surface area contributed by atoms with Crippen LogP contribution in [0.1, 0.15) is 65.7 Å². The highest BCUT2D eigenvalue weighted by Gasteiger charge is 2.62. The molecule has 4 fully saturated rings. The number of rotatable bonds is 3. The van der Waals surface area contributed by atoms with Gasteiger partial charge >= 0.3 is 5.97 Å². The van der Waals surface area contributed by atoms with Gasteiger partial charge < -0.3 is 4.74 Å². The van der Waals surface area contributed by atoms with Crippen LogP contribution >= 0.6 is 0 Å². The highest BCUT2D eigenvalue weighted by Crippen LogP contribution is 2.67. The average Bonchev–Trinajstić information content (AvgIpc) is 3.33. The molecule has 138 valence electrons. The van der Waals surface area contributed by atoms with Crippen molar-refractivity contribution in [1.82, 2.24) is 0 Å². The predicted molar refractivity (Wildman–Crippen MR) is 98.7 cm³/mol. The molecule has 4 saturated carbocycles. The lowest BCUT2D eigenvalue weighted by Crippen LogP contribution is -2.42. The van der Waals surface area contributed by atoms with E-state index in [2.05, 4.69) is 32.9 Å². The first kappa shape index (κ1) is 16.4. The number of esters is 1. The molecular weight excluding hydrogens is 308 g/mol. The highest BCUT2D eigenvalue weighted by atomic mass is 16.6. The molecule has 25 heavy (non-hydrogen) atoms. The van der Waals surface area contributed by atoms with E-state index in [0.29, 0.717) is 11.8 Å². The van der Waals surface area contributed by atoms with Gasteiger partial charge in [-0.2, -0.15) is 0 Å². The molecule has 0 amide bonds. The molecule has 5 aliphatic carbocycles. The van der Waals surface area contributed by atoms with Crippen LogP contribution in [0, 0.1) is 53.3 Å². The SMILES string of the molecule is CC1CCC(C(C)(C)OC(=O)C2CC3CC2C2C4C=CC(C4)C32)CC1. The summed E-state index contributed by atoms with van der Waals surface area (Å²) in [6.07, 6.45) is 13.7. The van der Waals surface area contributed by atoms with Gasteiger partial charge in [0.2, 0.25) is 0 Å². The van der Waals surface area contributed by atoms with Crippen LogP contribution in [0.3, 0.4) is 0 Å². The lowest BCUT2D eigenvalue weighted by molar-refractivity contribution is -0.171. The summed E-state index contributed by atoms with van der Waals surface area (Å²) in [6, 6.07) is 0. The van der Waals surface area contributed by atoms with Crippen molar-refractivity contribution in [2.75, 3.05) is 0 Å². The average molecular weight is 343 g/mol. The fraction of sp³-hybridized carbons (Fsp3) is 0.870. The topological polar surface area (TPSA) is 26.3 Å². The minimum absolute atomic E-state index is 0.140. The van der Waals surface area contributed by atoms with E-state index < -0.39 is 0 Å². The Hall–Kier alpha value is -0.790. The monoisotopic (exact) mass is 342 g/mol. The zero-order valence-corrected chi connectivity index (χ0v) is 16.1. The summed E-state index contributed by atoms with van der Waals surface area (Å²) >= 11 is 0. The van der Waals surface area contributed by atoms with E-state index in [1.807, 2.05) is 0 Å². The Bertz CT molecular complexity index is 583. The largest absolute Gasteiger partial charge is 0.459 e. The fourth-order valence-electron chi connectivity index (χ4n) is 7.66. The van der Waals surface area contributed by atoms with Gasteiger partial charge in [-0.3, -0.25) is 4.79 Å².